The molecule has 2 heterocycles. The quantitative estimate of drug-likeness (QED) is 0.645. The molecule has 10 heteroatoms. The topological polar surface area (TPSA) is 80.0 Å². The standard InChI is InChI=1S/C17H12ClF3N4O2/c1-9-6-15(25-27-9)23-11-4-5-22-14(8-11)16(26)24-13-3-2-10(18)7-12(13)17(19,20)21/h2-8H,1H3,(H,24,26)(H,22,23,25). The number of halogens is 4. The lowest BCUT2D eigenvalue weighted by atomic mass is 10.1. The van der Waals surface area contributed by atoms with Crippen molar-refractivity contribution in [1.29, 1.82) is 0 Å². The number of pyridine rings is 1. The largest absolute Gasteiger partial charge is 0.418 e. The highest BCUT2D eigenvalue weighted by Gasteiger charge is 2.34. The number of nitrogens with one attached hydrogen (secondary N) is 2. The number of carbonyl (C=O) groups excluding carboxylic acids is 1. The molecule has 0 spiro atoms. The first-order valence-electron chi connectivity index (χ1n) is 7.57. The Bertz CT molecular complexity index is 988. The third-order valence-corrected chi connectivity index (χ3v) is 3.66. The van der Waals surface area contributed by atoms with E-state index in [-0.39, 0.29) is 10.7 Å². The Morgan fingerprint density at radius 1 is 1.19 bits per heavy atom. The van der Waals surface area contributed by atoms with Gasteiger partial charge in [-0.3, -0.25) is 9.78 Å². The molecule has 2 N–H and O–H groups in total. The Morgan fingerprint density at radius 2 is 1.96 bits per heavy atom. The number of alkyl halides is 3. The molecule has 0 saturated heterocycles. The number of anilines is 3. The first-order chi connectivity index (χ1) is 12.7. The van der Waals surface area contributed by atoms with Gasteiger partial charge in [0.15, 0.2) is 5.82 Å². The van der Waals surface area contributed by atoms with E-state index < -0.39 is 23.3 Å². The molecule has 140 valence electrons. The zero-order chi connectivity index (χ0) is 19.6. The highest BCUT2D eigenvalue weighted by molar-refractivity contribution is 6.30. The van der Waals surface area contributed by atoms with E-state index in [0.717, 1.165) is 12.1 Å². The van der Waals surface area contributed by atoms with Gasteiger partial charge in [0.05, 0.1) is 11.3 Å². The van der Waals surface area contributed by atoms with Crippen molar-refractivity contribution in [1.82, 2.24) is 10.1 Å². The summed E-state index contributed by atoms with van der Waals surface area (Å²) in [6.07, 6.45) is -3.33. The third-order valence-electron chi connectivity index (χ3n) is 3.43. The zero-order valence-corrected chi connectivity index (χ0v) is 14.5. The van der Waals surface area contributed by atoms with E-state index in [4.69, 9.17) is 16.1 Å². The molecular formula is C17H12ClF3N4O2. The molecule has 0 bridgehead atoms. The summed E-state index contributed by atoms with van der Waals surface area (Å²) in [5.74, 6) is 0.205. The second-order valence-corrected chi connectivity index (χ2v) is 5.96. The van der Waals surface area contributed by atoms with Crippen LogP contribution in [0.3, 0.4) is 0 Å². The van der Waals surface area contributed by atoms with Crippen molar-refractivity contribution < 1.29 is 22.5 Å². The minimum atomic E-state index is -4.67. The van der Waals surface area contributed by atoms with E-state index in [2.05, 4.69) is 20.8 Å². The number of hydrogen-bond donors (Lipinski definition) is 2. The van der Waals surface area contributed by atoms with Gasteiger partial charge in [0, 0.05) is 23.0 Å². The van der Waals surface area contributed by atoms with Gasteiger partial charge in [0.1, 0.15) is 11.5 Å². The maximum absolute atomic E-state index is 13.1. The zero-order valence-electron chi connectivity index (χ0n) is 13.8. The summed E-state index contributed by atoms with van der Waals surface area (Å²) in [5, 5.41) is 8.78. The Kier molecular flexibility index (Phi) is 5.04. The van der Waals surface area contributed by atoms with Crippen molar-refractivity contribution in [2.24, 2.45) is 0 Å². The number of rotatable bonds is 4. The molecule has 27 heavy (non-hydrogen) atoms. The molecule has 0 fully saturated rings. The second kappa shape index (κ2) is 7.28. The minimum absolute atomic E-state index is 0.0803. The smallest absolute Gasteiger partial charge is 0.360 e. The molecule has 0 aliphatic heterocycles. The van der Waals surface area contributed by atoms with E-state index in [9.17, 15) is 18.0 Å². The van der Waals surface area contributed by atoms with Crippen LogP contribution < -0.4 is 10.6 Å². The van der Waals surface area contributed by atoms with Gasteiger partial charge >= 0.3 is 6.18 Å². The molecule has 0 atom stereocenters. The van der Waals surface area contributed by atoms with Crippen LogP contribution in [0.4, 0.5) is 30.4 Å². The highest BCUT2D eigenvalue weighted by atomic mass is 35.5. The minimum Gasteiger partial charge on any atom is -0.360 e. The summed E-state index contributed by atoms with van der Waals surface area (Å²) in [6, 6.07) is 7.68. The molecular weight excluding hydrogens is 385 g/mol. The molecule has 0 saturated carbocycles. The van der Waals surface area contributed by atoms with Crippen molar-refractivity contribution in [2.75, 3.05) is 10.6 Å². The number of amides is 1. The lowest BCUT2D eigenvalue weighted by Gasteiger charge is -2.14. The Hall–Kier alpha value is -3.07. The number of aryl methyl sites for hydroxylation is 1. The predicted molar refractivity (Wildman–Crippen MR) is 93.2 cm³/mol. The van der Waals surface area contributed by atoms with Crippen molar-refractivity contribution >= 4 is 34.7 Å². The summed E-state index contributed by atoms with van der Waals surface area (Å²) >= 11 is 5.63. The van der Waals surface area contributed by atoms with Gasteiger partial charge < -0.3 is 15.2 Å². The SMILES string of the molecule is Cc1cc(Nc2ccnc(C(=O)Nc3ccc(Cl)cc3C(F)(F)F)c2)no1. The van der Waals surface area contributed by atoms with Crippen molar-refractivity contribution in [3.8, 4) is 0 Å². The Balaban J connectivity index is 1.82. The van der Waals surface area contributed by atoms with Gasteiger partial charge in [0.2, 0.25) is 0 Å². The average molecular weight is 397 g/mol. The van der Waals surface area contributed by atoms with Crippen LogP contribution in [0.25, 0.3) is 0 Å². The van der Waals surface area contributed by atoms with Crippen molar-refractivity contribution in [3.63, 3.8) is 0 Å². The fourth-order valence-corrected chi connectivity index (χ4v) is 2.42. The molecule has 0 aliphatic rings. The maximum atomic E-state index is 13.1. The molecule has 0 radical (unpaired) electrons. The molecule has 6 nitrogen and oxygen atoms in total. The predicted octanol–water partition coefficient (Wildman–Crippen LogP) is 5.05. The Labute approximate surface area is 156 Å². The number of hydrogen-bond acceptors (Lipinski definition) is 5. The van der Waals surface area contributed by atoms with Crippen molar-refractivity contribution in [2.45, 2.75) is 13.1 Å². The van der Waals surface area contributed by atoms with Gasteiger partial charge in [-0.25, -0.2) is 0 Å². The van der Waals surface area contributed by atoms with E-state index in [1.807, 2.05) is 0 Å². The normalized spacial score (nSPS) is 11.3. The molecule has 0 unspecified atom stereocenters. The highest BCUT2D eigenvalue weighted by Crippen LogP contribution is 2.36. The summed E-state index contributed by atoms with van der Waals surface area (Å²) in [7, 11) is 0. The van der Waals surface area contributed by atoms with Crippen LogP contribution in [0.2, 0.25) is 5.02 Å². The first kappa shape index (κ1) is 18.7. The molecule has 1 amide bonds. The molecule has 3 aromatic rings. The van der Waals surface area contributed by atoms with Gasteiger partial charge in [-0.15, -0.1) is 0 Å². The van der Waals surface area contributed by atoms with Crippen molar-refractivity contribution in [3.05, 3.63) is 64.6 Å². The lowest BCUT2D eigenvalue weighted by Crippen LogP contribution is -2.17. The van der Waals surface area contributed by atoms with Crippen LogP contribution >= 0.6 is 11.6 Å². The lowest BCUT2D eigenvalue weighted by molar-refractivity contribution is -0.136. The van der Waals surface area contributed by atoms with Crippen LogP contribution in [0.5, 0.6) is 0 Å². The summed E-state index contributed by atoms with van der Waals surface area (Å²) < 4.78 is 44.3. The first-order valence-corrected chi connectivity index (χ1v) is 7.94. The Morgan fingerprint density at radius 3 is 2.63 bits per heavy atom. The van der Waals surface area contributed by atoms with Gasteiger partial charge in [-0.2, -0.15) is 13.2 Å². The van der Waals surface area contributed by atoms with Gasteiger partial charge in [0.25, 0.3) is 5.91 Å². The summed E-state index contributed by atoms with van der Waals surface area (Å²) in [5.41, 5.74) is -1.07. The van der Waals surface area contributed by atoms with E-state index in [0.29, 0.717) is 17.3 Å². The van der Waals surface area contributed by atoms with E-state index >= 15 is 0 Å². The average Bonchev–Trinajstić information content (AvgIpc) is 3.00. The van der Waals surface area contributed by atoms with Crippen LogP contribution in [-0.4, -0.2) is 16.0 Å². The molecule has 1 aromatic carbocycles. The fraction of sp³-hybridized carbons (Fsp3) is 0.118. The van der Waals surface area contributed by atoms with Crippen LogP contribution in [-0.2, 0) is 6.18 Å². The number of nitrogens with zero attached hydrogens (tertiary/aromatic N) is 2. The number of carbonyl (C=O) groups is 1. The van der Waals surface area contributed by atoms with Crippen LogP contribution in [0, 0.1) is 6.92 Å². The van der Waals surface area contributed by atoms with Gasteiger partial charge in [-0.05, 0) is 37.3 Å². The molecule has 3 rings (SSSR count). The van der Waals surface area contributed by atoms with Crippen LogP contribution in [0.15, 0.2) is 47.1 Å². The van der Waals surface area contributed by atoms with Gasteiger partial charge in [-0.1, -0.05) is 16.8 Å². The number of aromatic nitrogens is 2. The second-order valence-electron chi connectivity index (χ2n) is 5.52. The van der Waals surface area contributed by atoms with E-state index in [1.54, 1.807) is 19.1 Å². The maximum Gasteiger partial charge on any atom is 0.418 e. The monoisotopic (exact) mass is 396 g/mol. The molecule has 0 aliphatic carbocycles. The molecule has 2 aromatic heterocycles. The fourth-order valence-electron chi connectivity index (χ4n) is 2.25. The third kappa shape index (κ3) is 4.56. The summed E-state index contributed by atoms with van der Waals surface area (Å²) in [4.78, 5) is 16.2. The number of benzene rings is 1. The van der Waals surface area contributed by atoms with Crippen LogP contribution in [0.1, 0.15) is 21.8 Å². The van der Waals surface area contributed by atoms with E-state index in [1.165, 1.54) is 18.3 Å². The summed E-state index contributed by atoms with van der Waals surface area (Å²) in [6.45, 7) is 1.72.